The first-order chi connectivity index (χ1) is 15.0. The van der Waals surface area contributed by atoms with Crippen LogP contribution in [0.5, 0.6) is 0 Å². The van der Waals surface area contributed by atoms with Gasteiger partial charge in [-0.15, -0.1) is 22.7 Å². The number of anilines is 1. The Labute approximate surface area is 198 Å². The molecular weight excluding hydrogens is 475 g/mol. The molecule has 0 fully saturated rings. The molecule has 5 nitrogen and oxygen atoms in total. The summed E-state index contributed by atoms with van der Waals surface area (Å²) in [7, 11) is 0. The van der Waals surface area contributed by atoms with E-state index in [1.807, 2.05) is 18.2 Å². The number of benzene rings is 1. The number of hydrogen-bond acceptors (Lipinski definition) is 6. The smallest absolute Gasteiger partial charge is 0.341 e. The maximum atomic E-state index is 12.8. The molecule has 1 aliphatic heterocycles. The first kappa shape index (κ1) is 22.3. The van der Waals surface area contributed by atoms with E-state index in [2.05, 4.69) is 22.3 Å². The lowest BCUT2D eigenvalue weighted by atomic mass is 10.0. The number of ether oxygens (including phenoxy) is 1. The van der Waals surface area contributed by atoms with Crippen molar-refractivity contribution in [2.75, 3.05) is 18.5 Å². The number of esters is 1. The second-order valence-corrected chi connectivity index (χ2v) is 10.5. The Hall–Kier alpha value is -1.90. The normalized spacial score (nSPS) is 13.6. The van der Waals surface area contributed by atoms with Gasteiger partial charge < -0.3 is 10.1 Å². The molecule has 0 saturated carbocycles. The van der Waals surface area contributed by atoms with Crippen molar-refractivity contribution in [3.8, 4) is 0 Å². The van der Waals surface area contributed by atoms with Crippen molar-refractivity contribution in [3.63, 3.8) is 0 Å². The fraction of sp³-hybridized carbons (Fsp3) is 0.273. The highest BCUT2D eigenvalue weighted by Gasteiger charge is 2.30. The summed E-state index contributed by atoms with van der Waals surface area (Å²) in [5.41, 5.74) is 2.94. The summed E-state index contributed by atoms with van der Waals surface area (Å²) in [5.74, 6) is -0.806. The van der Waals surface area contributed by atoms with Gasteiger partial charge >= 0.3 is 5.97 Å². The molecule has 31 heavy (non-hydrogen) atoms. The average molecular weight is 495 g/mol. The molecular formula is C22H20Cl2N2O3S2. The summed E-state index contributed by atoms with van der Waals surface area (Å²) < 4.78 is 6.04. The molecule has 4 rings (SSSR count). The molecule has 2 aromatic heterocycles. The predicted molar refractivity (Wildman–Crippen MR) is 127 cm³/mol. The summed E-state index contributed by atoms with van der Waals surface area (Å²) in [6.07, 6.45) is 0.716. The Morgan fingerprint density at radius 3 is 2.65 bits per heavy atom. The van der Waals surface area contributed by atoms with Crippen molar-refractivity contribution in [1.29, 1.82) is 0 Å². The fourth-order valence-electron chi connectivity index (χ4n) is 3.61. The molecule has 1 N–H and O–H groups in total. The molecule has 0 radical (unpaired) electrons. The number of nitrogens with one attached hydrogen (secondary N) is 1. The zero-order valence-corrected chi connectivity index (χ0v) is 19.9. The van der Waals surface area contributed by atoms with E-state index >= 15 is 0 Å². The van der Waals surface area contributed by atoms with E-state index in [0.29, 0.717) is 37.8 Å². The number of hydrogen-bond donors (Lipinski definition) is 1. The zero-order chi connectivity index (χ0) is 22.0. The van der Waals surface area contributed by atoms with Gasteiger partial charge in [-0.1, -0.05) is 53.5 Å². The van der Waals surface area contributed by atoms with E-state index in [1.165, 1.54) is 23.0 Å². The lowest BCUT2D eigenvalue weighted by molar-refractivity contribution is 0.0526. The van der Waals surface area contributed by atoms with Crippen molar-refractivity contribution in [2.24, 2.45) is 0 Å². The van der Waals surface area contributed by atoms with Crippen LogP contribution in [0.1, 0.15) is 43.6 Å². The van der Waals surface area contributed by atoms with Crippen LogP contribution in [0.2, 0.25) is 8.67 Å². The van der Waals surface area contributed by atoms with Crippen LogP contribution in [0.4, 0.5) is 5.00 Å². The highest BCUT2D eigenvalue weighted by molar-refractivity contribution is 7.20. The number of rotatable bonds is 6. The number of amides is 1. The number of thiophene rings is 2. The first-order valence-corrected chi connectivity index (χ1v) is 12.2. The molecule has 1 aliphatic rings. The monoisotopic (exact) mass is 494 g/mol. The van der Waals surface area contributed by atoms with Gasteiger partial charge in [-0.25, -0.2) is 4.79 Å². The first-order valence-electron chi connectivity index (χ1n) is 9.80. The third-order valence-electron chi connectivity index (χ3n) is 4.99. The minimum Gasteiger partial charge on any atom is -0.462 e. The van der Waals surface area contributed by atoms with E-state index in [9.17, 15) is 9.59 Å². The van der Waals surface area contributed by atoms with E-state index < -0.39 is 11.9 Å². The Bertz CT molecular complexity index is 1110. The molecule has 0 bridgehead atoms. The molecule has 162 valence electrons. The van der Waals surface area contributed by atoms with E-state index in [4.69, 9.17) is 27.9 Å². The molecule has 0 saturated heterocycles. The quantitative estimate of drug-likeness (QED) is 0.420. The zero-order valence-electron chi connectivity index (χ0n) is 16.7. The maximum absolute atomic E-state index is 12.8. The highest BCUT2D eigenvalue weighted by Crippen LogP contribution is 2.39. The Balaban J connectivity index is 1.61. The SMILES string of the molecule is CCOC(=O)c1c(NC(=O)c2cc(Cl)sc2Cl)sc2c1CCN(Cc1ccccc1)C2. The third kappa shape index (κ3) is 4.96. The molecule has 9 heteroatoms. The lowest BCUT2D eigenvalue weighted by Gasteiger charge is -2.27. The van der Waals surface area contributed by atoms with Gasteiger partial charge in [-0.3, -0.25) is 9.69 Å². The van der Waals surface area contributed by atoms with Gasteiger partial charge in [0.2, 0.25) is 0 Å². The second-order valence-electron chi connectivity index (χ2n) is 7.07. The summed E-state index contributed by atoms with van der Waals surface area (Å²) in [6.45, 7) is 4.40. The third-order valence-corrected chi connectivity index (χ3v) is 7.61. The number of carbonyl (C=O) groups is 2. The number of nitrogens with zero attached hydrogens (tertiary/aromatic N) is 1. The van der Waals surface area contributed by atoms with Crippen LogP contribution in [-0.2, 0) is 24.2 Å². The fourth-order valence-corrected chi connectivity index (χ4v) is 6.34. The Morgan fingerprint density at radius 1 is 1.19 bits per heavy atom. The molecule has 0 aliphatic carbocycles. The summed E-state index contributed by atoms with van der Waals surface area (Å²) in [6, 6.07) is 11.8. The van der Waals surface area contributed by atoms with Crippen molar-refractivity contribution >= 4 is 62.8 Å². The van der Waals surface area contributed by atoms with Gasteiger partial charge in [0, 0.05) is 24.5 Å². The Morgan fingerprint density at radius 2 is 1.97 bits per heavy atom. The molecule has 3 heterocycles. The standard InChI is InChI=1S/C22H20Cl2N2O3S2/c1-2-29-22(28)18-14-8-9-26(11-13-6-4-3-5-7-13)12-16(14)30-21(18)25-20(27)15-10-17(23)31-19(15)24/h3-7,10H,2,8-9,11-12H2,1H3,(H,25,27). The van der Waals surface area contributed by atoms with Gasteiger partial charge in [-0.05, 0) is 30.5 Å². The summed E-state index contributed by atoms with van der Waals surface area (Å²) in [4.78, 5) is 28.9. The number of fused-ring (bicyclic) bond motifs is 1. The van der Waals surface area contributed by atoms with Crippen LogP contribution in [0.25, 0.3) is 0 Å². The van der Waals surface area contributed by atoms with Crippen molar-refractivity contribution < 1.29 is 14.3 Å². The predicted octanol–water partition coefficient (Wildman–Crippen LogP) is 6.10. The molecule has 1 aromatic carbocycles. The van der Waals surface area contributed by atoms with Crippen LogP contribution in [0.3, 0.4) is 0 Å². The number of carbonyl (C=O) groups excluding carboxylic acids is 2. The minimum atomic E-state index is -0.416. The topological polar surface area (TPSA) is 58.6 Å². The molecule has 0 atom stereocenters. The largest absolute Gasteiger partial charge is 0.462 e. The van der Waals surface area contributed by atoms with Gasteiger partial charge in [-0.2, -0.15) is 0 Å². The molecule has 0 unspecified atom stereocenters. The average Bonchev–Trinajstić information content (AvgIpc) is 3.27. The maximum Gasteiger partial charge on any atom is 0.341 e. The van der Waals surface area contributed by atoms with Crippen molar-refractivity contribution in [3.05, 3.63) is 72.2 Å². The molecule has 1 amide bonds. The van der Waals surface area contributed by atoms with Crippen molar-refractivity contribution in [2.45, 2.75) is 26.4 Å². The van der Waals surface area contributed by atoms with E-state index in [1.54, 1.807) is 6.92 Å². The summed E-state index contributed by atoms with van der Waals surface area (Å²) in [5, 5.41) is 3.36. The van der Waals surface area contributed by atoms with Crippen LogP contribution in [-0.4, -0.2) is 29.9 Å². The minimum absolute atomic E-state index is 0.267. The van der Waals surface area contributed by atoms with Crippen LogP contribution in [0, 0.1) is 0 Å². The van der Waals surface area contributed by atoms with Gasteiger partial charge in [0.05, 0.1) is 22.1 Å². The van der Waals surface area contributed by atoms with Crippen LogP contribution < -0.4 is 5.32 Å². The van der Waals surface area contributed by atoms with Gasteiger partial charge in [0.25, 0.3) is 5.91 Å². The van der Waals surface area contributed by atoms with Gasteiger partial charge in [0.1, 0.15) is 9.34 Å². The van der Waals surface area contributed by atoms with E-state index in [-0.39, 0.29) is 6.61 Å². The van der Waals surface area contributed by atoms with Gasteiger partial charge in [0.15, 0.2) is 0 Å². The lowest BCUT2D eigenvalue weighted by Crippen LogP contribution is -2.29. The van der Waals surface area contributed by atoms with E-state index in [0.717, 1.165) is 34.9 Å². The van der Waals surface area contributed by atoms with Crippen LogP contribution >= 0.6 is 45.9 Å². The summed E-state index contributed by atoms with van der Waals surface area (Å²) >= 11 is 14.7. The Kier molecular flexibility index (Phi) is 6.99. The number of halogens is 2. The highest BCUT2D eigenvalue weighted by atomic mass is 35.5. The molecule has 0 spiro atoms. The van der Waals surface area contributed by atoms with Crippen molar-refractivity contribution in [1.82, 2.24) is 4.90 Å². The molecule has 3 aromatic rings. The second kappa shape index (κ2) is 9.71. The van der Waals surface area contributed by atoms with Crippen LogP contribution in [0.15, 0.2) is 36.4 Å².